The molecule has 1 aromatic heterocycles. The molecule has 0 saturated heterocycles. The Morgan fingerprint density at radius 2 is 0.763 bits per heavy atom. The maximum atomic E-state index is 5.31. The van der Waals surface area contributed by atoms with Gasteiger partial charge in [0.25, 0.3) is 0 Å². The zero-order chi connectivity index (χ0) is 39.2. The maximum absolute atomic E-state index is 5.31. The van der Waals surface area contributed by atoms with Crippen molar-refractivity contribution in [3.8, 4) is 56.4 Å². The van der Waals surface area contributed by atoms with Crippen LogP contribution in [0.5, 0.6) is 0 Å². The van der Waals surface area contributed by atoms with E-state index in [-0.39, 0.29) is 5.41 Å². The third-order valence-electron chi connectivity index (χ3n) is 12.7. The van der Waals surface area contributed by atoms with Crippen LogP contribution in [0.3, 0.4) is 0 Å². The summed E-state index contributed by atoms with van der Waals surface area (Å²) < 4.78 is 0. The molecule has 0 saturated carbocycles. The van der Waals surface area contributed by atoms with Gasteiger partial charge in [0.05, 0.1) is 0 Å². The molecule has 3 nitrogen and oxygen atoms in total. The first-order valence-corrected chi connectivity index (χ1v) is 20.3. The highest BCUT2D eigenvalue weighted by Crippen LogP contribution is 2.52. The molecule has 0 spiro atoms. The van der Waals surface area contributed by atoms with Gasteiger partial charge in [0, 0.05) is 22.1 Å². The van der Waals surface area contributed by atoms with Gasteiger partial charge in [-0.05, 0) is 105 Å². The Hall–Kier alpha value is -7.49. The topological polar surface area (TPSA) is 38.7 Å². The summed E-state index contributed by atoms with van der Waals surface area (Å²) in [6.07, 6.45) is 0. The number of fused-ring (bicyclic) bond motifs is 10. The second kappa shape index (κ2) is 12.8. The van der Waals surface area contributed by atoms with Crippen LogP contribution in [0.2, 0.25) is 0 Å². The van der Waals surface area contributed by atoms with E-state index in [1.165, 1.54) is 65.7 Å². The second-order valence-electron chi connectivity index (χ2n) is 16.4. The first-order valence-electron chi connectivity index (χ1n) is 20.3. The first kappa shape index (κ1) is 33.6. The molecule has 59 heavy (non-hydrogen) atoms. The smallest absolute Gasteiger partial charge is 0.164 e. The Balaban J connectivity index is 1.06. The van der Waals surface area contributed by atoms with Crippen molar-refractivity contribution < 1.29 is 0 Å². The quantitative estimate of drug-likeness (QED) is 0.168. The lowest BCUT2D eigenvalue weighted by atomic mass is 9.78. The average Bonchev–Trinajstić information content (AvgIpc) is 3.53. The summed E-state index contributed by atoms with van der Waals surface area (Å²) in [5.41, 5.74) is 10.6. The van der Waals surface area contributed by atoms with E-state index in [9.17, 15) is 0 Å². The first-order chi connectivity index (χ1) is 29.0. The molecule has 12 rings (SSSR count). The van der Waals surface area contributed by atoms with Gasteiger partial charge in [-0.3, -0.25) is 0 Å². The number of nitrogens with zero attached hydrogens (tertiary/aromatic N) is 3. The Kier molecular flexibility index (Phi) is 7.27. The van der Waals surface area contributed by atoms with E-state index in [1.54, 1.807) is 0 Å². The summed E-state index contributed by atoms with van der Waals surface area (Å²) in [5.74, 6) is 1.94. The van der Waals surface area contributed by atoms with Crippen molar-refractivity contribution >= 4 is 53.9 Å². The Bertz CT molecular complexity index is 3410. The van der Waals surface area contributed by atoms with Crippen molar-refractivity contribution in [1.82, 2.24) is 15.0 Å². The Morgan fingerprint density at radius 1 is 0.305 bits per heavy atom. The van der Waals surface area contributed by atoms with Crippen LogP contribution in [0, 0.1) is 0 Å². The van der Waals surface area contributed by atoms with E-state index in [1.807, 2.05) is 0 Å². The summed E-state index contributed by atoms with van der Waals surface area (Å²) in [6.45, 7) is 4.71. The van der Waals surface area contributed by atoms with E-state index < -0.39 is 0 Å². The predicted octanol–water partition coefficient (Wildman–Crippen LogP) is 14.6. The Morgan fingerprint density at radius 3 is 1.46 bits per heavy atom. The predicted molar refractivity (Wildman–Crippen MR) is 247 cm³/mol. The van der Waals surface area contributed by atoms with Crippen LogP contribution < -0.4 is 0 Å². The van der Waals surface area contributed by atoms with Crippen LogP contribution in [0.25, 0.3) is 110 Å². The number of rotatable bonds is 4. The average molecular weight is 752 g/mol. The summed E-state index contributed by atoms with van der Waals surface area (Å²) in [5, 5.41) is 11.9. The van der Waals surface area contributed by atoms with E-state index >= 15 is 0 Å². The molecule has 0 bridgehead atoms. The molecule has 0 N–H and O–H groups in total. The number of hydrogen-bond donors (Lipinski definition) is 0. The highest BCUT2D eigenvalue weighted by atomic mass is 15.0. The van der Waals surface area contributed by atoms with Gasteiger partial charge in [0.1, 0.15) is 0 Å². The second-order valence-corrected chi connectivity index (χ2v) is 16.4. The summed E-state index contributed by atoms with van der Waals surface area (Å²) >= 11 is 0. The lowest BCUT2D eigenvalue weighted by Crippen LogP contribution is -2.16. The van der Waals surface area contributed by atoms with Crippen LogP contribution in [0.1, 0.15) is 25.0 Å². The van der Waals surface area contributed by atoms with Gasteiger partial charge < -0.3 is 0 Å². The lowest BCUT2D eigenvalue weighted by molar-refractivity contribution is 0.662. The van der Waals surface area contributed by atoms with Gasteiger partial charge in [0.15, 0.2) is 17.5 Å². The van der Waals surface area contributed by atoms with Crippen molar-refractivity contribution in [3.63, 3.8) is 0 Å². The molecule has 0 fully saturated rings. The summed E-state index contributed by atoms with van der Waals surface area (Å²) in [4.78, 5) is 15.9. The molecule has 3 heteroatoms. The van der Waals surface area contributed by atoms with Crippen LogP contribution >= 0.6 is 0 Å². The third kappa shape index (κ3) is 5.25. The monoisotopic (exact) mass is 751 g/mol. The minimum absolute atomic E-state index is 0.132. The molecular weight excluding hydrogens is 715 g/mol. The van der Waals surface area contributed by atoms with Crippen LogP contribution in [-0.2, 0) is 5.41 Å². The highest BCUT2D eigenvalue weighted by molar-refractivity contribution is 6.09. The van der Waals surface area contributed by atoms with Crippen molar-refractivity contribution in [3.05, 3.63) is 199 Å². The fourth-order valence-corrected chi connectivity index (χ4v) is 9.78. The fraction of sp³-hybridized carbons (Fsp3) is 0.0536. The molecule has 1 aliphatic rings. The largest absolute Gasteiger partial charge is 0.208 e. The highest BCUT2D eigenvalue weighted by Gasteiger charge is 2.37. The SMILES string of the molecule is CC1(C)c2ccccc2-c2cccc(-c3ccc4cccc(-c5nc(-c6ccc7c(ccc8ccccc87)c6)nc(-c6ccc7c(ccc8ccccc87)c6)n5)c4c3)c21. The zero-order valence-corrected chi connectivity index (χ0v) is 32.7. The van der Waals surface area contributed by atoms with E-state index in [2.05, 4.69) is 202 Å². The van der Waals surface area contributed by atoms with E-state index in [4.69, 9.17) is 15.0 Å². The fourth-order valence-electron chi connectivity index (χ4n) is 9.78. The molecule has 0 radical (unpaired) electrons. The van der Waals surface area contributed by atoms with E-state index in [0.717, 1.165) is 38.2 Å². The molecule has 11 aromatic rings. The molecule has 0 aliphatic heterocycles. The summed E-state index contributed by atoms with van der Waals surface area (Å²) in [7, 11) is 0. The van der Waals surface area contributed by atoms with Gasteiger partial charge in [-0.2, -0.15) is 0 Å². The number of aromatic nitrogens is 3. The normalized spacial score (nSPS) is 13.1. The third-order valence-corrected chi connectivity index (χ3v) is 12.7. The van der Waals surface area contributed by atoms with Crippen molar-refractivity contribution in [1.29, 1.82) is 0 Å². The van der Waals surface area contributed by atoms with Gasteiger partial charge in [-0.25, -0.2) is 15.0 Å². The van der Waals surface area contributed by atoms with Gasteiger partial charge in [0.2, 0.25) is 0 Å². The van der Waals surface area contributed by atoms with Crippen molar-refractivity contribution in [2.45, 2.75) is 19.3 Å². The molecule has 0 amide bonds. The number of hydrogen-bond acceptors (Lipinski definition) is 3. The van der Waals surface area contributed by atoms with Gasteiger partial charge in [-0.15, -0.1) is 0 Å². The minimum Gasteiger partial charge on any atom is -0.208 e. The molecule has 0 unspecified atom stereocenters. The molecule has 1 heterocycles. The van der Waals surface area contributed by atoms with Crippen LogP contribution in [-0.4, -0.2) is 15.0 Å². The van der Waals surface area contributed by atoms with E-state index in [0.29, 0.717) is 17.5 Å². The zero-order valence-electron chi connectivity index (χ0n) is 32.7. The standard InChI is InChI=1S/C56H37N3/c1-56(2)51-20-8-7-16-47(51)48-18-10-17-46(52(48)56)39-26-23-36-13-9-19-49(50(36)33-39)55-58-53(40-27-29-44-37(31-40)24-21-34-11-3-5-14-42(34)44)57-54(59-55)41-28-30-45-38(32-41)25-22-35-12-4-6-15-43(35)45/h3-33H,1-2H3. The lowest BCUT2D eigenvalue weighted by Gasteiger charge is -2.24. The molecule has 10 aromatic carbocycles. The van der Waals surface area contributed by atoms with Crippen molar-refractivity contribution in [2.24, 2.45) is 0 Å². The molecule has 1 aliphatic carbocycles. The van der Waals surface area contributed by atoms with Crippen LogP contribution in [0.15, 0.2) is 188 Å². The number of benzene rings is 10. The van der Waals surface area contributed by atoms with Crippen LogP contribution in [0.4, 0.5) is 0 Å². The van der Waals surface area contributed by atoms with Gasteiger partial charge >= 0.3 is 0 Å². The molecular formula is C56H37N3. The summed E-state index contributed by atoms with van der Waals surface area (Å²) in [6, 6.07) is 68.0. The maximum Gasteiger partial charge on any atom is 0.164 e. The Labute approximate surface area is 342 Å². The molecule has 276 valence electrons. The molecule has 0 atom stereocenters. The van der Waals surface area contributed by atoms with Crippen molar-refractivity contribution in [2.75, 3.05) is 0 Å². The minimum atomic E-state index is -0.132. The van der Waals surface area contributed by atoms with Gasteiger partial charge in [-0.1, -0.05) is 184 Å².